The van der Waals surface area contributed by atoms with Crippen LogP contribution in [0.3, 0.4) is 0 Å². The third kappa shape index (κ3) is 3.47. The summed E-state index contributed by atoms with van der Waals surface area (Å²) in [5.41, 5.74) is 2.02. The number of rotatable bonds is 4. The van der Waals surface area contributed by atoms with Gasteiger partial charge >= 0.3 is 0 Å². The fourth-order valence-electron chi connectivity index (χ4n) is 4.26. The summed E-state index contributed by atoms with van der Waals surface area (Å²) in [4.78, 5) is 13.2. The summed E-state index contributed by atoms with van der Waals surface area (Å²) in [5, 5.41) is 6.74. The SMILES string of the molecule is COc1ccc(C2=NN(C3CCSCC3)C(=O)[C@H]3CC=CC[C@@H]23)cc1OC. The van der Waals surface area contributed by atoms with Crippen LogP contribution in [0.15, 0.2) is 35.5 Å². The average molecular weight is 387 g/mol. The molecule has 6 heteroatoms. The van der Waals surface area contributed by atoms with Crippen LogP contribution in [-0.4, -0.2) is 48.4 Å². The topological polar surface area (TPSA) is 51.1 Å². The number of allylic oxidation sites excluding steroid dienone is 2. The maximum absolute atomic E-state index is 13.2. The molecule has 0 unspecified atom stereocenters. The first-order valence-electron chi connectivity index (χ1n) is 9.59. The third-order valence-electron chi connectivity index (χ3n) is 5.76. The molecule has 1 aliphatic carbocycles. The van der Waals surface area contributed by atoms with Crippen LogP contribution in [0.2, 0.25) is 0 Å². The smallest absolute Gasteiger partial charge is 0.247 e. The molecular formula is C21H26N2O3S. The number of nitrogens with zero attached hydrogens (tertiary/aromatic N) is 2. The van der Waals surface area contributed by atoms with Gasteiger partial charge in [0.25, 0.3) is 0 Å². The van der Waals surface area contributed by atoms with E-state index in [9.17, 15) is 4.79 Å². The van der Waals surface area contributed by atoms with Crippen molar-refractivity contribution in [3.8, 4) is 11.5 Å². The molecule has 0 N–H and O–H groups in total. The third-order valence-corrected chi connectivity index (χ3v) is 6.81. The number of fused-ring (bicyclic) bond motifs is 1. The number of methoxy groups -OCH3 is 2. The van der Waals surface area contributed by atoms with E-state index in [0.717, 1.165) is 48.5 Å². The van der Waals surface area contributed by atoms with Gasteiger partial charge in [-0.3, -0.25) is 4.79 Å². The van der Waals surface area contributed by atoms with Gasteiger partial charge in [0.1, 0.15) is 0 Å². The minimum Gasteiger partial charge on any atom is -0.493 e. The number of hydrogen-bond acceptors (Lipinski definition) is 5. The summed E-state index contributed by atoms with van der Waals surface area (Å²) in [7, 11) is 3.28. The van der Waals surface area contributed by atoms with Crippen molar-refractivity contribution in [2.45, 2.75) is 31.7 Å². The van der Waals surface area contributed by atoms with Crippen LogP contribution in [0.5, 0.6) is 11.5 Å². The van der Waals surface area contributed by atoms with E-state index in [1.54, 1.807) is 14.2 Å². The number of hydrogen-bond donors (Lipinski definition) is 0. The number of carbonyl (C=O) groups excluding carboxylic acids is 1. The molecule has 0 saturated carbocycles. The first kappa shape index (κ1) is 18.4. The summed E-state index contributed by atoms with van der Waals surface area (Å²) in [5.74, 6) is 3.92. The van der Waals surface area contributed by atoms with Crippen molar-refractivity contribution < 1.29 is 14.3 Å². The van der Waals surface area contributed by atoms with Gasteiger partial charge in [-0.1, -0.05) is 12.2 Å². The summed E-state index contributed by atoms with van der Waals surface area (Å²) in [6.07, 6.45) is 8.02. The molecule has 1 aromatic carbocycles. The van der Waals surface area contributed by atoms with Gasteiger partial charge in [0.15, 0.2) is 11.5 Å². The van der Waals surface area contributed by atoms with E-state index in [1.165, 1.54) is 0 Å². The molecule has 1 aromatic rings. The van der Waals surface area contributed by atoms with Crippen LogP contribution in [-0.2, 0) is 4.79 Å². The second-order valence-corrected chi connectivity index (χ2v) is 8.46. The molecule has 5 nitrogen and oxygen atoms in total. The fourth-order valence-corrected chi connectivity index (χ4v) is 5.34. The molecule has 2 heterocycles. The highest BCUT2D eigenvalue weighted by Gasteiger charge is 2.42. The molecule has 3 aliphatic rings. The van der Waals surface area contributed by atoms with Gasteiger partial charge in [-0.25, -0.2) is 5.01 Å². The first-order chi connectivity index (χ1) is 13.2. The molecule has 0 aromatic heterocycles. The van der Waals surface area contributed by atoms with Crippen molar-refractivity contribution in [1.82, 2.24) is 5.01 Å². The number of amides is 1. The van der Waals surface area contributed by atoms with Crippen LogP contribution < -0.4 is 9.47 Å². The van der Waals surface area contributed by atoms with E-state index in [4.69, 9.17) is 14.6 Å². The lowest BCUT2D eigenvalue weighted by atomic mass is 9.76. The lowest BCUT2D eigenvalue weighted by Gasteiger charge is -2.41. The molecule has 4 rings (SSSR count). The van der Waals surface area contributed by atoms with Gasteiger partial charge in [-0.2, -0.15) is 16.9 Å². The maximum Gasteiger partial charge on any atom is 0.247 e. The Kier molecular flexibility index (Phi) is 5.43. The Morgan fingerprint density at radius 2 is 1.74 bits per heavy atom. The Bertz CT molecular complexity index is 771. The van der Waals surface area contributed by atoms with Crippen molar-refractivity contribution in [2.75, 3.05) is 25.7 Å². The van der Waals surface area contributed by atoms with E-state index in [0.29, 0.717) is 11.5 Å². The normalized spacial score (nSPS) is 25.8. The maximum atomic E-state index is 13.2. The number of benzene rings is 1. The number of ether oxygens (including phenoxy) is 2. The van der Waals surface area contributed by atoms with Crippen molar-refractivity contribution in [2.24, 2.45) is 16.9 Å². The molecular weight excluding hydrogens is 360 g/mol. The molecule has 0 bridgehead atoms. The highest BCUT2D eigenvalue weighted by Crippen LogP contribution is 2.38. The Morgan fingerprint density at radius 1 is 1.04 bits per heavy atom. The van der Waals surface area contributed by atoms with Gasteiger partial charge in [0.2, 0.25) is 5.91 Å². The van der Waals surface area contributed by atoms with E-state index in [2.05, 4.69) is 12.2 Å². The molecule has 0 radical (unpaired) electrons. The molecule has 1 fully saturated rings. The predicted octanol–water partition coefficient (Wildman–Crippen LogP) is 3.73. The van der Waals surface area contributed by atoms with Gasteiger partial charge in [-0.05, 0) is 55.4 Å². The summed E-state index contributed by atoms with van der Waals surface area (Å²) < 4.78 is 10.9. The Balaban J connectivity index is 1.75. The van der Waals surface area contributed by atoms with Gasteiger partial charge in [0.05, 0.1) is 31.9 Å². The van der Waals surface area contributed by atoms with Crippen LogP contribution in [0.4, 0.5) is 0 Å². The first-order valence-corrected chi connectivity index (χ1v) is 10.7. The molecule has 2 atom stereocenters. The van der Waals surface area contributed by atoms with Crippen molar-refractivity contribution in [3.63, 3.8) is 0 Å². The second-order valence-electron chi connectivity index (χ2n) is 7.24. The largest absolute Gasteiger partial charge is 0.493 e. The predicted molar refractivity (Wildman–Crippen MR) is 109 cm³/mol. The zero-order valence-corrected chi connectivity index (χ0v) is 16.7. The fraction of sp³-hybridized carbons (Fsp3) is 0.524. The van der Waals surface area contributed by atoms with Gasteiger partial charge in [-0.15, -0.1) is 0 Å². The van der Waals surface area contributed by atoms with E-state index in [1.807, 2.05) is 35.0 Å². The van der Waals surface area contributed by atoms with Crippen LogP contribution >= 0.6 is 11.8 Å². The average Bonchev–Trinajstić information content (AvgIpc) is 2.74. The van der Waals surface area contributed by atoms with Crippen LogP contribution in [0.25, 0.3) is 0 Å². The minimum atomic E-state index is -0.00910. The number of hydrazone groups is 1. The molecule has 144 valence electrons. The van der Waals surface area contributed by atoms with Crippen LogP contribution in [0, 0.1) is 11.8 Å². The van der Waals surface area contributed by atoms with Crippen molar-refractivity contribution in [1.29, 1.82) is 0 Å². The quantitative estimate of drug-likeness (QED) is 0.740. The van der Waals surface area contributed by atoms with E-state index in [-0.39, 0.29) is 23.8 Å². The van der Waals surface area contributed by atoms with E-state index < -0.39 is 0 Å². The van der Waals surface area contributed by atoms with Crippen molar-refractivity contribution in [3.05, 3.63) is 35.9 Å². The van der Waals surface area contributed by atoms with E-state index >= 15 is 0 Å². The Labute approximate surface area is 164 Å². The second kappa shape index (κ2) is 7.97. The summed E-state index contributed by atoms with van der Waals surface area (Å²) >= 11 is 1.96. The monoisotopic (exact) mass is 386 g/mol. The zero-order valence-electron chi connectivity index (χ0n) is 15.9. The lowest BCUT2D eigenvalue weighted by Crippen LogP contribution is -2.50. The molecule has 2 aliphatic heterocycles. The van der Waals surface area contributed by atoms with Crippen LogP contribution in [0.1, 0.15) is 31.2 Å². The van der Waals surface area contributed by atoms with Gasteiger partial charge in [0, 0.05) is 11.5 Å². The molecule has 27 heavy (non-hydrogen) atoms. The lowest BCUT2D eigenvalue weighted by molar-refractivity contribution is -0.140. The standard InChI is InChI=1S/C21H26N2O3S/c1-25-18-8-7-14(13-19(18)26-2)20-16-5-3-4-6-17(16)21(24)23(22-20)15-9-11-27-12-10-15/h3-4,7-8,13,15-17H,5-6,9-12H2,1-2H3/t16-,17+/m1/s1. The number of thioether (sulfide) groups is 1. The highest BCUT2D eigenvalue weighted by atomic mass is 32.2. The molecule has 1 saturated heterocycles. The van der Waals surface area contributed by atoms with Crippen molar-refractivity contribution >= 4 is 23.4 Å². The summed E-state index contributed by atoms with van der Waals surface area (Å²) in [6, 6.07) is 6.15. The Hall–Kier alpha value is -1.95. The minimum absolute atomic E-state index is 0.00910. The zero-order chi connectivity index (χ0) is 18.8. The Morgan fingerprint density at radius 3 is 2.44 bits per heavy atom. The number of carbonyl (C=O) groups is 1. The molecule has 1 amide bonds. The summed E-state index contributed by atoms with van der Waals surface area (Å²) in [6.45, 7) is 0. The van der Waals surface area contributed by atoms with Gasteiger partial charge < -0.3 is 9.47 Å². The highest BCUT2D eigenvalue weighted by molar-refractivity contribution is 7.99. The molecule has 0 spiro atoms.